The summed E-state index contributed by atoms with van der Waals surface area (Å²) in [6.45, 7) is 5.09. The minimum atomic E-state index is -1.51. The SMILES string of the molecule is CC(=O)N1CCC(n2ncc(-c3cn([S+]([O-])c4ccccc4)c4cc(F)ccc34)c2C)CC1. The van der Waals surface area contributed by atoms with E-state index in [0.29, 0.717) is 10.4 Å². The molecule has 4 aromatic rings. The van der Waals surface area contributed by atoms with Gasteiger partial charge in [0.25, 0.3) is 0 Å². The van der Waals surface area contributed by atoms with Gasteiger partial charge in [0.15, 0.2) is 4.90 Å². The molecular weight excluding hydrogens is 439 g/mol. The molecule has 170 valence electrons. The van der Waals surface area contributed by atoms with Crippen LogP contribution in [-0.4, -0.2) is 42.2 Å². The number of nitrogens with zero attached hydrogens (tertiary/aromatic N) is 4. The Labute approximate surface area is 194 Å². The number of carbonyl (C=O) groups excluding carboxylic acids is 1. The number of aromatic nitrogens is 3. The van der Waals surface area contributed by atoms with Gasteiger partial charge in [0.05, 0.1) is 18.4 Å². The Morgan fingerprint density at radius 3 is 2.55 bits per heavy atom. The van der Waals surface area contributed by atoms with E-state index >= 15 is 0 Å². The normalized spacial score (nSPS) is 15.8. The fourth-order valence-corrected chi connectivity index (χ4v) is 5.80. The molecule has 1 aliphatic heterocycles. The maximum Gasteiger partial charge on any atom is 0.219 e. The van der Waals surface area contributed by atoms with E-state index in [1.165, 1.54) is 12.1 Å². The summed E-state index contributed by atoms with van der Waals surface area (Å²) in [6, 6.07) is 14.0. The molecule has 1 saturated heterocycles. The molecule has 1 unspecified atom stereocenters. The topological polar surface area (TPSA) is 66.1 Å². The maximum absolute atomic E-state index is 14.2. The second-order valence-corrected chi connectivity index (χ2v) is 9.78. The summed E-state index contributed by atoms with van der Waals surface area (Å²) < 4.78 is 31.2. The molecule has 2 aromatic carbocycles. The van der Waals surface area contributed by atoms with Crippen molar-refractivity contribution >= 4 is 28.2 Å². The third-order valence-corrected chi connectivity index (χ3v) is 7.78. The summed E-state index contributed by atoms with van der Waals surface area (Å²) in [7, 11) is 0. The molecule has 5 rings (SSSR count). The lowest BCUT2D eigenvalue weighted by Gasteiger charge is -2.32. The molecule has 0 bridgehead atoms. The van der Waals surface area contributed by atoms with Crippen molar-refractivity contribution in [2.75, 3.05) is 13.1 Å². The van der Waals surface area contributed by atoms with E-state index in [-0.39, 0.29) is 17.8 Å². The van der Waals surface area contributed by atoms with Gasteiger partial charge in [-0.2, -0.15) is 9.07 Å². The van der Waals surface area contributed by atoms with Gasteiger partial charge < -0.3 is 9.45 Å². The van der Waals surface area contributed by atoms with Gasteiger partial charge >= 0.3 is 0 Å². The molecule has 6 nitrogen and oxygen atoms in total. The van der Waals surface area contributed by atoms with Crippen molar-refractivity contribution in [2.45, 2.75) is 37.6 Å². The second kappa shape index (κ2) is 8.68. The fourth-order valence-electron chi connectivity index (χ4n) is 4.65. The summed E-state index contributed by atoms with van der Waals surface area (Å²) >= 11 is -1.51. The van der Waals surface area contributed by atoms with E-state index < -0.39 is 11.4 Å². The standard InChI is InChI=1S/C25H25FN4O2S/c1-17-23(15-27-30(17)20-10-12-28(13-11-20)18(2)31)24-16-29(25-14-19(26)8-9-22(24)25)33(32)21-6-4-3-5-7-21/h3-9,14-16,20H,10-13H2,1-2H3. The Bertz CT molecular complexity index is 1310. The van der Waals surface area contributed by atoms with Crippen LogP contribution in [0.25, 0.3) is 22.0 Å². The Balaban J connectivity index is 1.54. The minimum absolute atomic E-state index is 0.109. The molecule has 1 amide bonds. The van der Waals surface area contributed by atoms with Crippen molar-refractivity contribution in [3.05, 3.63) is 72.4 Å². The highest BCUT2D eigenvalue weighted by molar-refractivity contribution is 7.90. The largest absolute Gasteiger partial charge is 0.587 e. The number of hydrogen-bond acceptors (Lipinski definition) is 3. The van der Waals surface area contributed by atoms with Gasteiger partial charge in [-0.15, -0.1) is 0 Å². The molecule has 0 radical (unpaired) electrons. The number of piperidine rings is 1. The van der Waals surface area contributed by atoms with Crippen LogP contribution in [0.5, 0.6) is 0 Å². The quantitative estimate of drug-likeness (QED) is 0.411. The average Bonchev–Trinajstić information content (AvgIpc) is 3.39. The number of halogens is 1. The Kier molecular flexibility index (Phi) is 5.72. The van der Waals surface area contributed by atoms with Crippen LogP contribution in [0.15, 0.2) is 65.8 Å². The van der Waals surface area contributed by atoms with Gasteiger partial charge in [-0.05, 0) is 44.0 Å². The first-order valence-corrected chi connectivity index (χ1v) is 12.1. The molecule has 1 fully saturated rings. The molecule has 0 N–H and O–H groups in total. The summed E-state index contributed by atoms with van der Waals surface area (Å²) in [5, 5.41) is 5.50. The minimum Gasteiger partial charge on any atom is -0.587 e. The average molecular weight is 465 g/mol. The summed E-state index contributed by atoms with van der Waals surface area (Å²) in [5.41, 5.74) is 3.39. The van der Waals surface area contributed by atoms with Crippen LogP contribution in [0.3, 0.4) is 0 Å². The zero-order valence-electron chi connectivity index (χ0n) is 18.6. The summed E-state index contributed by atoms with van der Waals surface area (Å²) in [4.78, 5) is 14.2. The van der Waals surface area contributed by atoms with Crippen molar-refractivity contribution in [2.24, 2.45) is 0 Å². The zero-order chi connectivity index (χ0) is 23.1. The third-order valence-electron chi connectivity index (χ3n) is 6.45. The zero-order valence-corrected chi connectivity index (χ0v) is 19.4. The molecule has 1 aliphatic rings. The molecule has 0 spiro atoms. The number of hydrogen-bond donors (Lipinski definition) is 0. The Hall–Kier alpha value is -3.10. The van der Waals surface area contributed by atoms with Crippen LogP contribution in [0.1, 0.15) is 31.5 Å². The lowest BCUT2D eigenvalue weighted by atomic mass is 10.0. The van der Waals surface area contributed by atoms with E-state index in [4.69, 9.17) is 0 Å². The first-order chi connectivity index (χ1) is 15.9. The van der Waals surface area contributed by atoms with E-state index in [2.05, 4.69) is 5.10 Å². The predicted octanol–water partition coefficient (Wildman–Crippen LogP) is 4.71. The Morgan fingerprint density at radius 1 is 1.12 bits per heavy atom. The molecular formula is C25H25FN4O2S. The molecule has 1 atom stereocenters. The van der Waals surface area contributed by atoms with Crippen LogP contribution in [0.2, 0.25) is 0 Å². The highest BCUT2D eigenvalue weighted by atomic mass is 32.2. The van der Waals surface area contributed by atoms with Gasteiger partial charge in [-0.3, -0.25) is 9.48 Å². The number of carbonyl (C=O) groups is 1. The molecule has 0 aliphatic carbocycles. The van der Waals surface area contributed by atoms with Gasteiger partial charge in [0, 0.05) is 48.3 Å². The van der Waals surface area contributed by atoms with Crippen molar-refractivity contribution in [3.8, 4) is 11.1 Å². The highest BCUT2D eigenvalue weighted by Gasteiger charge is 2.26. The van der Waals surface area contributed by atoms with Crippen molar-refractivity contribution in [1.29, 1.82) is 0 Å². The second-order valence-electron chi connectivity index (χ2n) is 8.42. The molecule has 33 heavy (non-hydrogen) atoms. The molecule has 8 heteroatoms. The lowest BCUT2D eigenvalue weighted by molar-refractivity contribution is -0.130. The summed E-state index contributed by atoms with van der Waals surface area (Å²) in [5.74, 6) is -0.263. The fraction of sp³-hybridized carbons (Fsp3) is 0.280. The smallest absolute Gasteiger partial charge is 0.219 e. The van der Waals surface area contributed by atoms with E-state index in [9.17, 15) is 13.7 Å². The predicted molar refractivity (Wildman–Crippen MR) is 127 cm³/mol. The van der Waals surface area contributed by atoms with Crippen LogP contribution < -0.4 is 0 Å². The van der Waals surface area contributed by atoms with Gasteiger partial charge in [-0.1, -0.05) is 18.2 Å². The van der Waals surface area contributed by atoms with E-state index in [1.807, 2.05) is 47.1 Å². The first-order valence-electron chi connectivity index (χ1n) is 11.0. The van der Waals surface area contributed by atoms with Crippen molar-refractivity contribution in [3.63, 3.8) is 0 Å². The van der Waals surface area contributed by atoms with Crippen molar-refractivity contribution < 1.29 is 13.7 Å². The number of likely N-dealkylation sites (tertiary alicyclic amines) is 1. The maximum atomic E-state index is 14.2. The highest BCUT2D eigenvalue weighted by Crippen LogP contribution is 2.36. The third kappa shape index (κ3) is 3.94. The first kappa shape index (κ1) is 21.7. The van der Waals surface area contributed by atoms with Crippen LogP contribution in [-0.2, 0) is 16.2 Å². The number of benzene rings is 2. The monoisotopic (exact) mass is 464 g/mol. The van der Waals surface area contributed by atoms with Gasteiger partial charge in [-0.25, -0.2) is 4.39 Å². The molecule has 0 saturated carbocycles. The number of rotatable bonds is 4. The number of amides is 1. The number of fused-ring (bicyclic) bond motifs is 1. The Morgan fingerprint density at radius 2 is 1.85 bits per heavy atom. The van der Waals surface area contributed by atoms with E-state index in [0.717, 1.165) is 48.1 Å². The lowest BCUT2D eigenvalue weighted by Crippen LogP contribution is -2.38. The van der Waals surface area contributed by atoms with Gasteiger partial charge in [0.1, 0.15) is 22.7 Å². The van der Waals surface area contributed by atoms with Crippen LogP contribution in [0.4, 0.5) is 4.39 Å². The molecule has 3 heterocycles. The molecule has 2 aromatic heterocycles. The van der Waals surface area contributed by atoms with E-state index in [1.54, 1.807) is 29.1 Å². The van der Waals surface area contributed by atoms with Crippen molar-refractivity contribution in [1.82, 2.24) is 18.7 Å². The van der Waals surface area contributed by atoms with Gasteiger partial charge in [0.2, 0.25) is 5.91 Å². The van der Waals surface area contributed by atoms with Crippen LogP contribution in [0, 0.1) is 12.7 Å². The van der Waals surface area contributed by atoms with Crippen LogP contribution >= 0.6 is 0 Å². The summed E-state index contributed by atoms with van der Waals surface area (Å²) in [6.07, 6.45) is 5.37.